The summed E-state index contributed by atoms with van der Waals surface area (Å²) >= 11 is 3.46. The summed E-state index contributed by atoms with van der Waals surface area (Å²) in [7, 11) is -3.86. The van der Waals surface area contributed by atoms with Crippen LogP contribution in [0.3, 0.4) is 0 Å². The number of anilines is 1. The Morgan fingerprint density at radius 2 is 1.80 bits per heavy atom. The average molecular weight is 631 g/mol. The zero-order chi connectivity index (χ0) is 29.2. The molecule has 0 atom stereocenters. The third-order valence-corrected chi connectivity index (χ3v) is 8.69. The van der Waals surface area contributed by atoms with Crippen LogP contribution in [-0.2, 0) is 23.0 Å². The van der Waals surface area contributed by atoms with Crippen molar-refractivity contribution >= 4 is 31.6 Å². The number of aromatic nitrogens is 3. The number of benzene rings is 3. The lowest BCUT2D eigenvalue weighted by Gasteiger charge is -2.21. The van der Waals surface area contributed by atoms with Crippen molar-refractivity contribution in [2.24, 2.45) is 0 Å². The highest BCUT2D eigenvalue weighted by molar-refractivity contribution is 9.10. The van der Waals surface area contributed by atoms with Crippen LogP contribution in [0.25, 0.3) is 16.8 Å². The monoisotopic (exact) mass is 629 g/mol. The maximum Gasteiger partial charge on any atom is 0.351 e. The Hall–Kier alpha value is -3.28. The summed E-state index contributed by atoms with van der Waals surface area (Å²) in [5.74, 6) is -0.0194. The van der Waals surface area contributed by atoms with Gasteiger partial charge in [0.05, 0.1) is 17.1 Å². The molecule has 0 bridgehead atoms. The van der Waals surface area contributed by atoms with Crippen molar-refractivity contribution in [2.45, 2.75) is 63.9 Å². The molecule has 0 aliphatic heterocycles. The van der Waals surface area contributed by atoms with Crippen LogP contribution in [0.4, 0.5) is 10.1 Å². The summed E-state index contributed by atoms with van der Waals surface area (Å²) in [6.07, 6.45) is 2.26. The van der Waals surface area contributed by atoms with Crippen LogP contribution >= 0.6 is 15.9 Å². The van der Waals surface area contributed by atoms with E-state index in [2.05, 4.69) is 25.8 Å². The number of rotatable bonds is 9. The molecule has 1 aromatic heterocycles. The Balaban J connectivity index is 1.74. The first-order valence-corrected chi connectivity index (χ1v) is 15.2. The summed E-state index contributed by atoms with van der Waals surface area (Å²) in [6, 6.07) is 16.1. The molecule has 0 aliphatic rings. The van der Waals surface area contributed by atoms with E-state index >= 15 is 4.39 Å². The van der Waals surface area contributed by atoms with Gasteiger partial charge in [-0.1, -0.05) is 43.7 Å². The van der Waals surface area contributed by atoms with Gasteiger partial charge in [-0.05, 0) is 79.0 Å². The number of hydrogen-bond acceptors (Lipinski definition) is 5. The molecular formula is C29H33BrFN5O3S. The van der Waals surface area contributed by atoms with E-state index in [1.807, 2.05) is 6.92 Å². The fourth-order valence-corrected chi connectivity index (χ4v) is 6.44. The van der Waals surface area contributed by atoms with Gasteiger partial charge in [0.25, 0.3) is 0 Å². The van der Waals surface area contributed by atoms with Crippen LogP contribution < -0.4 is 16.1 Å². The van der Waals surface area contributed by atoms with Crippen molar-refractivity contribution < 1.29 is 12.8 Å². The molecule has 0 saturated carbocycles. The van der Waals surface area contributed by atoms with E-state index in [4.69, 9.17) is 5.73 Å². The predicted octanol–water partition coefficient (Wildman–Crippen LogP) is 5.65. The minimum Gasteiger partial charge on any atom is -0.399 e. The standard InChI is InChI=1S/C29H33BrFN5O3S/c1-5-6-11-27-33-36(25-17-21(32)14-15-23(25)30)28(37)35(27)18-20-13-12-19(16-24(20)31)22-9-7-8-10-26(22)40(38,39)34-29(2,3)4/h7-10,12-17,34H,5-6,11,18,32H2,1-4H3. The molecule has 11 heteroatoms. The summed E-state index contributed by atoms with van der Waals surface area (Å²) in [4.78, 5) is 13.6. The molecule has 1 heterocycles. The van der Waals surface area contributed by atoms with E-state index in [1.165, 1.54) is 21.4 Å². The molecule has 4 rings (SSSR count). The molecule has 0 unspecified atom stereocenters. The minimum absolute atomic E-state index is 0.0323. The normalized spacial score (nSPS) is 12.2. The third kappa shape index (κ3) is 6.54. The predicted molar refractivity (Wildman–Crippen MR) is 160 cm³/mol. The van der Waals surface area contributed by atoms with Gasteiger partial charge in [0.15, 0.2) is 0 Å². The van der Waals surface area contributed by atoms with Gasteiger partial charge in [0.1, 0.15) is 11.6 Å². The second kappa shape index (κ2) is 11.7. The zero-order valence-corrected chi connectivity index (χ0v) is 25.3. The van der Waals surface area contributed by atoms with Crippen molar-refractivity contribution in [3.05, 3.63) is 92.8 Å². The summed E-state index contributed by atoms with van der Waals surface area (Å²) in [5.41, 5.74) is 6.91. The van der Waals surface area contributed by atoms with E-state index in [9.17, 15) is 13.2 Å². The Morgan fingerprint density at radius 1 is 1.07 bits per heavy atom. The minimum atomic E-state index is -3.86. The quantitative estimate of drug-likeness (QED) is 0.232. The first-order valence-electron chi connectivity index (χ1n) is 13.0. The molecule has 212 valence electrons. The molecule has 0 amide bonds. The lowest BCUT2D eigenvalue weighted by atomic mass is 10.0. The van der Waals surface area contributed by atoms with Crippen molar-refractivity contribution in [3.8, 4) is 16.8 Å². The number of sulfonamides is 1. The zero-order valence-electron chi connectivity index (χ0n) is 22.9. The number of nitrogens with one attached hydrogen (secondary N) is 1. The fraction of sp³-hybridized carbons (Fsp3) is 0.310. The summed E-state index contributed by atoms with van der Waals surface area (Å²) in [5, 5.41) is 4.56. The fourth-order valence-electron chi connectivity index (χ4n) is 4.38. The van der Waals surface area contributed by atoms with Gasteiger partial charge >= 0.3 is 5.69 Å². The molecule has 40 heavy (non-hydrogen) atoms. The first-order chi connectivity index (χ1) is 18.8. The smallest absolute Gasteiger partial charge is 0.351 e. The second-order valence-electron chi connectivity index (χ2n) is 10.7. The number of nitrogen functional groups attached to an aromatic ring is 1. The van der Waals surface area contributed by atoms with Gasteiger partial charge in [-0.2, -0.15) is 4.68 Å². The van der Waals surface area contributed by atoms with Gasteiger partial charge in [-0.25, -0.2) is 22.3 Å². The molecule has 0 radical (unpaired) electrons. The lowest BCUT2D eigenvalue weighted by molar-refractivity contribution is 0.491. The van der Waals surface area contributed by atoms with Crippen LogP contribution in [0.2, 0.25) is 0 Å². The molecule has 8 nitrogen and oxygen atoms in total. The van der Waals surface area contributed by atoms with Crippen molar-refractivity contribution in [1.82, 2.24) is 19.1 Å². The van der Waals surface area contributed by atoms with Gasteiger partial charge in [0, 0.05) is 33.2 Å². The highest BCUT2D eigenvalue weighted by Crippen LogP contribution is 2.30. The first kappa shape index (κ1) is 29.7. The number of halogens is 2. The van der Waals surface area contributed by atoms with E-state index in [1.54, 1.807) is 69.3 Å². The molecule has 3 aromatic carbocycles. The largest absolute Gasteiger partial charge is 0.399 e. The molecule has 0 aliphatic carbocycles. The highest BCUT2D eigenvalue weighted by Gasteiger charge is 2.25. The Bertz CT molecular complexity index is 1710. The summed E-state index contributed by atoms with van der Waals surface area (Å²) in [6.45, 7) is 7.28. The third-order valence-electron chi connectivity index (χ3n) is 6.20. The number of hydrogen-bond donors (Lipinski definition) is 2. The number of aryl methyl sites for hydroxylation is 1. The van der Waals surface area contributed by atoms with E-state index in [0.29, 0.717) is 39.2 Å². The van der Waals surface area contributed by atoms with Crippen LogP contribution in [0.5, 0.6) is 0 Å². The summed E-state index contributed by atoms with van der Waals surface area (Å²) < 4.78 is 47.8. The van der Waals surface area contributed by atoms with Crippen molar-refractivity contribution in [2.75, 3.05) is 5.73 Å². The average Bonchev–Trinajstić information content (AvgIpc) is 3.18. The highest BCUT2D eigenvalue weighted by atomic mass is 79.9. The van der Waals surface area contributed by atoms with Gasteiger partial charge < -0.3 is 5.73 Å². The van der Waals surface area contributed by atoms with Crippen molar-refractivity contribution in [1.29, 1.82) is 0 Å². The van der Waals surface area contributed by atoms with Gasteiger partial charge in [0.2, 0.25) is 10.0 Å². The Morgan fingerprint density at radius 3 is 2.48 bits per heavy atom. The number of nitrogens with two attached hydrogens (primary N) is 1. The topological polar surface area (TPSA) is 112 Å². The number of unbranched alkanes of at least 4 members (excludes halogenated alkanes) is 1. The number of nitrogens with zero attached hydrogens (tertiary/aromatic N) is 3. The molecule has 0 saturated heterocycles. The molecule has 4 aromatic rings. The van der Waals surface area contributed by atoms with E-state index in [-0.39, 0.29) is 17.0 Å². The second-order valence-corrected chi connectivity index (χ2v) is 13.2. The maximum absolute atomic E-state index is 15.6. The van der Waals surface area contributed by atoms with Crippen LogP contribution in [-0.4, -0.2) is 28.3 Å². The van der Waals surface area contributed by atoms with Gasteiger partial charge in [-0.15, -0.1) is 5.10 Å². The molecular weight excluding hydrogens is 597 g/mol. The lowest BCUT2D eigenvalue weighted by Crippen LogP contribution is -2.40. The molecule has 0 fully saturated rings. The van der Waals surface area contributed by atoms with Crippen molar-refractivity contribution in [3.63, 3.8) is 0 Å². The van der Waals surface area contributed by atoms with Crippen LogP contribution in [0.1, 0.15) is 51.9 Å². The van der Waals surface area contributed by atoms with Crippen LogP contribution in [0.15, 0.2) is 74.8 Å². The SMILES string of the molecule is CCCCc1nn(-c2cc(N)ccc2Br)c(=O)n1Cc1ccc(-c2ccccc2S(=O)(=O)NC(C)(C)C)cc1F. The van der Waals surface area contributed by atoms with E-state index < -0.39 is 27.1 Å². The van der Waals surface area contributed by atoms with E-state index in [0.717, 1.165) is 12.8 Å². The molecule has 3 N–H and O–H groups in total. The maximum atomic E-state index is 15.6. The molecule has 0 spiro atoms. The Labute approximate surface area is 242 Å². The van der Waals surface area contributed by atoms with Crippen LogP contribution in [0, 0.1) is 5.82 Å². The Kier molecular flexibility index (Phi) is 8.67. The van der Waals surface area contributed by atoms with Gasteiger partial charge in [-0.3, -0.25) is 4.57 Å².